The normalized spacial score (nSPS) is 19.8. The maximum absolute atomic E-state index is 11.7. The highest BCUT2D eigenvalue weighted by atomic mass is 35.5. The third-order valence-electron chi connectivity index (χ3n) is 2.87. The van der Waals surface area contributed by atoms with E-state index in [1.54, 1.807) is 12.1 Å². The minimum atomic E-state index is -0.941. The fourth-order valence-electron chi connectivity index (χ4n) is 1.94. The van der Waals surface area contributed by atoms with Crippen LogP contribution in [0, 0.1) is 12.8 Å². The van der Waals surface area contributed by atoms with Gasteiger partial charge in [-0.15, -0.1) is 0 Å². The van der Waals surface area contributed by atoms with Gasteiger partial charge in [-0.1, -0.05) is 17.7 Å². The van der Waals surface area contributed by atoms with Crippen LogP contribution < -0.4 is 4.90 Å². The summed E-state index contributed by atoms with van der Waals surface area (Å²) in [6, 6.07) is 5.36. The number of aryl methyl sites for hydroxylation is 1. The van der Waals surface area contributed by atoms with Crippen LogP contribution >= 0.6 is 11.6 Å². The van der Waals surface area contributed by atoms with Gasteiger partial charge in [-0.25, -0.2) is 0 Å². The molecule has 0 spiro atoms. The zero-order chi connectivity index (χ0) is 12.6. The van der Waals surface area contributed by atoms with Crippen LogP contribution in [0.2, 0.25) is 5.02 Å². The van der Waals surface area contributed by atoms with Gasteiger partial charge in [0.25, 0.3) is 0 Å². The van der Waals surface area contributed by atoms with Crippen LogP contribution in [0.15, 0.2) is 18.2 Å². The molecule has 1 unspecified atom stereocenters. The van der Waals surface area contributed by atoms with Gasteiger partial charge in [0.15, 0.2) is 0 Å². The Bertz CT molecular complexity index is 487. The van der Waals surface area contributed by atoms with E-state index in [0.717, 1.165) is 5.56 Å². The van der Waals surface area contributed by atoms with E-state index in [0.29, 0.717) is 10.7 Å². The highest BCUT2D eigenvalue weighted by Crippen LogP contribution is 2.31. The minimum Gasteiger partial charge on any atom is -0.481 e. The van der Waals surface area contributed by atoms with Gasteiger partial charge in [0.1, 0.15) is 0 Å². The summed E-state index contributed by atoms with van der Waals surface area (Å²) >= 11 is 6.06. The SMILES string of the molecule is Cc1ccc(N2CC(C(=O)O)CC2=O)c(Cl)c1. The molecule has 1 aromatic rings. The molecule has 1 N–H and O–H groups in total. The molecule has 1 aromatic carbocycles. The molecular formula is C12H12ClNO3. The summed E-state index contributed by atoms with van der Waals surface area (Å²) in [5.74, 6) is -1.77. The van der Waals surface area contributed by atoms with E-state index >= 15 is 0 Å². The fraction of sp³-hybridized carbons (Fsp3) is 0.333. The Morgan fingerprint density at radius 3 is 2.76 bits per heavy atom. The molecule has 1 heterocycles. The first kappa shape index (κ1) is 11.9. The first-order valence-electron chi connectivity index (χ1n) is 5.28. The standard InChI is InChI=1S/C12H12ClNO3/c1-7-2-3-10(9(13)4-7)14-6-8(12(16)17)5-11(14)15/h2-4,8H,5-6H2,1H3,(H,16,17). The second-order valence-corrected chi connectivity index (χ2v) is 4.61. The van der Waals surface area contributed by atoms with Crippen molar-refractivity contribution in [3.63, 3.8) is 0 Å². The lowest BCUT2D eigenvalue weighted by Crippen LogP contribution is -2.26. The molecule has 0 aromatic heterocycles. The van der Waals surface area contributed by atoms with E-state index < -0.39 is 11.9 Å². The molecule has 1 atom stereocenters. The average molecular weight is 254 g/mol. The Labute approximate surface area is 104 Å². The number of rotatable bonds is 2. The van der Waals surface area contributed by atoms with E-state index in [1.165, 1.54) is 4.90 Å². The third-order valence-corrected chi connectivity index (χ3v) is 3.17. The average Bonchev–Trinajstić information content (AvgIpc) is 2.61. The number of halogens is 1. The van der Waals surface area contributed by atoms with Gasteiger partial charge in [-0.2, -0.15) is 0 Å². The Hall–Kier alpha value is -1.55. The van der Waals surface area contributed by atoms with Gasteiger partial charge < -0.3 is 10.0 Å². The second kappa shape index (κ2) is 4.37. The highest BCUT2D eigenvalue weighted by Gasteiger charge is 2.35. The predicted molar refractivity (Wildman–Crippen MR) is 64.3 cm³/mol. The van der Waals surface area contributed by atoms with Gasteiger partial charge in [0, 0.05) is 13.0 Å². The Balaban J connectivity index is 2.29. The van der Waals surface area contributed by atoms with E-state index in [1.807, 2.05) is 13.0 Å². The first-order chi connectivity index (χ1) is 7.99. The van der Waals surface area contributed by atoms with Crippen molar-refractivity contribution < 1.29 is 14.7 Å². The summed E-state index contributed by atoms with van der Waals surface area (Å²) in [5.41, 5.74) is 1.59. The number of anilines is 1. The summed E-state index contributed by atoms with van der Waals surface area (Å²) in [4.78, 5) is 24.0. The molecule has 4 nitrogen and oxygen atoms in total. The van der Waals surface area contributed by atoms with Crippen molar-refractivity contribution in [3.8, 4) is 0 Å². The van der Waals surface area contributed by atoms with Crippen molar-refractivity contribution in [3.05, 3.63) is 28.8 Å². The largest absolute Gasteiger partial charge is 0.481 e. The van der Waals surface area contributed by atoms with Crippen LogP contribution in [0.25, 0.3) is 0 Å². The van der Waals surface area contributed by atoms with Crippen LogP contribution in [-0.4, -0.2) is 23.5 Å². The van der Waals surface area contributed by atoms with Gasteiger partial charge in [0.2, 0.25) is 5.91 Å². The Morgan fingerprint density at radius 2 is 2.24 bits per heavy atom. The summed E-state index contributed by atoms with van der Waals surface area (Å²) in [5, 5.41) is 9.37. The number of aliphatic carboxylic acids is 1. The summed E-state index contributed by atoms with van der Waals surface area (Å²) < 4.78 is 0. The highest BCUT2D eigenvalue weighted by molar-refractivity contribution is 6.34. The molecule has 1 saturated heterocycles. The molecule has 90 valence electrons. The lowest BCUT2D eigenvalue weighted by molar-refractivity contribution is -0.141. The van der Waals surface area contributed by atoms with Crippen LogP contribution in [0.1, 0.15) is 12.0 Å². The summed E-state index contributed by atoms with van der Waals surface area (Å²) in [7, 11) is 0. The first-order valence-corrected chi connectivity index (χ1v) is 5.66. The fourth-order valence-corrected chi connectivity index (χ4v) is 2.27. The Morgan fingerprint density at radius 1 is 1.53 bits per heavy atom. The maximum Gasteiger partial charge on any atom is 0.308 e. The molecule has 1 amide bonds. The van der Waals surface area contributed by atoms with Gasteiger partial charge >= 0.3 is 5.97 Å². The zero-order valence-corrected chi connectivity index (χ0v) is 10.1. The molecule has 2 rings (SSSR count). The number of carboxylic acids is 1. The molecule has 0 radical (unpaired) electrons. The van der Waals surface area contributed by atoms with E-state index in [-0.39, 0.29) is 18.9 Å². The molecule has 0 aliphatic carbocycles. The van der Waals surface area contributed by atoms with Crippen LogP contribution in [-0.2, 0) is 9.59 Å². The summed E-state index contributed by atoms with van der Waals surface area (Å²) in [6.45, 7) is 2.10. The van der Waals surface area contributed by atoms with Crippen molar-refractivity contribution in [1.82, 2.24) is 0 Å². The monoisotopic (exact) mass is 253 g/mol. The topological polar surface area (TPSA) is 57.6 Å². The maximum atomic E-state index is 11.7. The zero-order valence-electron chi connectivity index (χ0n) is 9.31. The van der Waals surface area contributed by atoms with E-state index in [9.17, 15) is 9.59 Å². The molecule has 0 bridgehead atoms. The predicted octanol–water partition coefficient (Wildman–Crippen LogP) is 2.09. The van der Waals surface area contributed by atoms with Crippen LogP contribution in [0.4, 0.5) is 5.69 Å². The van der Waals surface area contributed by atoms with Crippen molar-refractivity contribution >= 4 is 29.2 Å². The third kappa shape index (κ3) is 2.26. The van der Waals surface area contributed by atoms with Gasteiger partial charge in [-0.05, 0) is 24.6 Å². The van der Waals surface area contributed by atoms with Crippen LogP contribution in [0.5, 0.6) is 0 Å². The number of carboxylic acid groups (broad SMARTS) is 1. The quantitative estimate of drug-likeness (QED) is 0.878. The smallest absolute Gasteiger partial charge is 0.308 e. The number of amides is 1. The van der Waals surface area contributed by atoms with Crippen molar-refractivity contribution in [2.45, 2.75) is 13.3 Å². The van der Waals surface area contributed by atoms with Crippen molar-refractivity contribution in [2.24, 2.45) is 5.92 Å². The van der Waals surface area contributed by atoms with E-state index in [2.05, 4.69) is 0 Å². The molecule has 1 aliphatic rings. The molecule has 1 aliphatic heterocycles. The number of carbonyl (C=O) groups excluding carboxylic acids is 1. The molecule has 1 fully saturated rings. The molecular weight excluding hydrogens is 242 g/mol. The van der Waals surface area contributed by atoms with Crippen LogP contribution in [0.3, 0.4) is 0 Å². The Kier molecular flexibility index (Phi) is 3.07. The van der Waals surface area contributed by atoms with Crippen molar-refractivity contribution in [1.29, 1.82) is 0 Å². The molecule has 0 saturated carbocycles. The van der Waals surface area contributed by atoms with E-state index in [4.69, 9.17) is 16.7 Å². The lowest BCUT2D eigenvalue weighted by Gasteiger charge is -2.17. The lowest BCUT2D eigenvalue weighted by atomic mass is 10.1. The number of hydrogen-bond donors (Lipinski definition) is 1. The summed E-state index contributed by atoms with van der Waals surface area (Å²) in [6.07, 6.45) is 0.0412. The second-order valence-electron chi connectivity index (χ2n) is 4.20. The number of nitrogens with zero attached hydrogens (tertiary/aromatic N) is 1. The number of benzene rings is 1. The van der Waals surface area contributed by atoms with Gasteiger partial charge in [-0.3, -0.25) is 9.59 Å². The molecule has 5 heteroatoms. The number of carbonyl (C=O) groups is 2. The molecule has 17 heavy (non-hydrogen) atoms. The number of hydrogen-bond acceptors (Lipinski definition) is 2. The van der Waals surface area contributed by atoms with Crippen molar-refractivity contribution in [2.75, 3.05) is 11.4 Å². The minimum absolute atomic E-state index is 0.0412. The van der Waals surface area contributed by atoms with Gasteiger partial charge in [0.05, 0.1) is 16.6 Å².